The molecule has 0 spiro atoms. The summed E-state index contributed by atoms with van der Waals surface area (Å²) in [7, 11) is 1.64. The fourth-order valence-corrected chi connectivity index (χ4v) is 3.46. The van der Waals surface area contributed by atoms with E-state index >= 15 is 0 Å². The summed E-state index contributed by atoms with van der Waals surface area (Å²) in [6.45, 7) is 6.81. The molecular formula is C23H30N2O3. The van der Waals surface area contributed by atoms with E-state index in [4.69, 9.17) is 9.47 Å². The first-order valence-corrected chi connectivity index (χ1v) is 10.0. The van der Waals surface area contributed by atoms with Gasteiger partial charge in [-0.2, -0.15) is 0 Å². The molecule has 0 bridgehead atoms. The van der Waals surface area contributed by atoms with E-state index < -0.39 is 0 Å². The number of hydrogen-bond acceptors (Lipinski definition) is 5. The number of pyridine rings is 1. The Labute approximate surface area is 167 Å². The van der Waals surface area contributed by atoms with Crippen molar-refractivity contribution in [2.75, 3.05) is 20.2 Å². The third-order valence-electron chi connectivity index (χ3n) is 5.23. The SMILES string of the molecule is COc1cc(OC2CCN(Cc3cccnc3)CC2)ccc1CC(=O)C(C)C. The number of benzene rings is 1. The largest absolute Gasteiger partial charge is 0.496 e. The van der Waals surface area contributed by atoms with E-state index in [1.165, 1.54) is 5.56 Å². The van der Waals surface area contributed by atoms with Crippen molar-refractivity contribution < 1.29 is 14.3 Å². The van der Waals surface area contributed by atoms with Crippen molar-refractivity contribution in [2.45, 2.75) is 45.8 Å². The Morgan fingerprint density at radius 1 is 1.25 bits per heavy atom. The van der Waals surface area contributed by atoms with Crippen molar-refractivity contribution in [3.05, 3.63) is 53.9 Å². The number of carbonyl (C=O) groups is 1. The monoisotopic (exact) mass is 382 g/mol. The number of aromatic nitrogens is 1. The summed E-state index contributed by atoms with van der Waals surface area (Å²) < 4.78 is 11.7. The lowest BCUT2D eigenvalue weighted by molar-refractivity contribution is -0.121. The van der Waals surface area contributed by atoms with Crippen molar-refractivity contribution in [1.82, 2.24) is 9.88 Å². The van der Waals surface area contributed by atoms with Gasteiger partial charge in [-0.3, -0.25) is 14.7 Å². The number of piperidine rings is 1. The molecule has 0 unspecified atom stereocenters. The number of methoxy groups -OCH3 is 1. The van der Waals surface area contributed by atoms with Crippen LogP contribution in [0.25, 0.3) is 0 Å². The fourth-order valence-electron chi connectivity index (χ4n) is 3.46. The Bertz CT molecular complexity index is 769. The van der Waals surface area contributed by atoms with Gasteiger partial charge in [0.1, 0.15) is 23.4 Å². The summed E-state index contributed by atoms with van der Waals surface area (Å²) in [5, 5.41) is 0. The van der Waals surface area contributed by atoms with Gasteiger partial charge in [0.2, 0.25) is 0 Å². The van der Waals surface area contributed by atoms with Crippen LogP contribution >= 0.6 is 0 Å². The van der Waals surface area contributed by atoms with Crippen LogP contribution < -0.4 is 9.47 Å². The Morgan fingerprint density at radius 3 is 2.68 bits per heavy atom. The van der Waals surface area contributed by atoms with Crippen molar-refractivity contribution >= 4 is 5.78 Å². The molecule has 5 nitrogen and oxygen atoms in total. The van der Waals surface area contributed by atoms with Crippen LogP contribution in [0.5, 0.6) is 11.5 Å². The van der Waals surface area contributed by atoms with Gasteiger partial charge in [-0.1, -0.05) is 26.0 Å². The van der Waals surface area contributed by atoms with Gasteiger partial charge in [0, 0.05) is 56.0 Å². The smallest absolute Gasteiger partial charge is 0.139 e. The highest BCUT2D eigenvalue weighted by Gasteiger charge is 2.21. The maximum Gasteiger partial charge on any atom is 0.139 e. The van der Waals surface area contributed by atoms with Gasteiger partial charge in [-0.05, 0) is 30.5 Å². The lowest BCUT2D eigenvalue weighted by Gasteiger charge is -2.32. The van der Waals surface area contributed by atoms with Crippen molar-refractivity contribution in [1.29, 1.82) is 0 Å². The number of ether oxygens (including phenoxy) is 2. The van der Waals surface area contributed by atoms with E-state index in [0.29, 0.717) is 6.42 Å². The molecule has 1 aromatic heterocycles. The molecule has 1 aliphatic heterocycles. The summed E-state index contributed by atoms with van der Waals surface area (Å²) in [5.74, 6) is 1.77. The predicted molar refractivity (Wildman–Crippen MR) is 110 cm³/mol. The van der Waals surface area contributed by atoms with Gasteiger partial charge in [-0.25, -0.2) is 0 Å². The average molecular weight is 383 g/mol. The molecule has 0 radical (unpaired) electrons. The number of nitrogens with zero attached hydrogens (tertiary/aromatic N) is 2. The van der Waals surface area contributed by atoms with Crippen LogP contribution in [0.1, 0.15) is 37.8 Å². The molecule has 28 heavy (non-hydrogen) atoms. The Hall–Kier alpha value is -2.40. The topological polar surface area (TPSA) is 51.7 Å². The third kappa shape index (κ3) is 5.55. The zero-order valence-corrected chi connectivity index (χ0v) is 17.1. The fraction of sp³-hybridized carbons (Fsp3) is 0.478. The average Bonchev–Trinajstić information content (AvgIpc) is 2.71. The van der Waals surface area contributed by atoms with E-state index in [2.05, 4.69) is 16.0 Å². The second-order valence-corrected chi connectivity index (χ2v) is 7.73. The van der Waals surface area contributed by atoms with Crippen molar-refractivity contribution in [3.63, 3.8) is 0 Å². The Balaban J connectivity index is 1.54. The van der Waals surface area contributed by atoms with Crippen LogP contribution in [0.2, 0.25) is 0 Å². The summed E-state index contributed by atoms with van der Waals surface area (Å²) in [5.41, 5.74) is 2.16. The quantitative estimate of drug-likeness (QED) is 0.693. The number of likely N-dealkylation sites (tertiary alicyclic amines) is 1. The number of Topliss-reactive ketones (excluding diaryl/α,β-unsaturated/α-hetero) is 1. The number of ketones is 1. The molecule has 150 valence electrons. The predicted octanol–water partition coefficient (Wildman–Crippen LogP) is 3.90. The Morgan fingerprint density at radius 2 is 2.04 bits per heavy atom. The molecule has 1 saturated heterocycles. The molecule has 1 aromatic carbocycles. The van der Waals surface area contributed by atoms with Gasteiger partial charge < -0.3 is 9.47 Å². The van der Waals surface area contributed by atoms with E-state index in [0.717, 1.165) is 49.5 Å². The lowest BCUT2D eigenvalue weighted by atomic mass is 10.0. The molecule has 0 amide bonds. The molecule has 3 rings (SSSR count). The molecule has 0 atom stereocenters. The molecule has 5 heteroatoms. The summed E-state index contributed by atoms with van der Waals surface area (Å²) in [6.07, 6.45) is 6.33. The molecule has 1 fully saturated rings. The number of carbonyl (C=O) groups excluding carboxylic acids is 1. The minimum Gasteiger partial charge on any atom is -0.496 e. The standard InChI is InChI=1S/C23H30N2O3/c1-17(2)22(26)13-19-6-7-21(14-23(19)27-3)28-20-8-11-25(12-9-20)16-18-5-4-10-24-15-18/h4-7,10,14-15,17,20H,8-9,11-13,16H2,1-3H3. The number of hydrogen-bond donors (Lipinski definition) is 0. The minimum atomic E-state index is 0.0254. The van der Waals surface area contributed by atoms with Gasteiger partial charge in [0.05, 0.1) is 7.11 Å². The minimum absolute atomic E-state index is 0.0254. The second kappa shape index (κ2) is 9.69. The van der Waals surface area contributed by atoms with Gasteiger partial charge in [0.25, 0.3) is 0 Å². The molecule has 2 heterocycles. The number of rotatable bonds is 8. The molecule has 0 saturated carbocycles. The van der Waals surface area contributed by atoms with Crippen LogP contribution in [0.3, 0.4) is 0 Å². The highest BCUT2D eigenvalue weighted by atomic mass is 16.5. The van der Waals surface area contributed by atoms with Gasteiger partial charge in [0.15, 0.2) is 0 Å². The molecule has 2 aromatic rings. The molecule has 0 aliphatic carbocycles. The highest BCUT2D eigenvalue weighted by molar-refractivity contribution is 5.83. The van der Waals surface area contributed by atoms with Gasteiger partial charge in [-0.15, -0.1) is 0 Å². The van der Waals surface area contributed by atoms with Gasteiger partial charge >= 0.3 is 0 Å². The maximum atomic E-state index is 12.0. The van der Waals surface area contributed by atoms with E-state index in [1.807, 2.05) is 50.5 Å². The zero-order valence-electron chi connectivity index (χ0n) is 17.1. The lowest BCUT2D eigenvalue weighted by Crippen LogP contribution is -2.37. The summed E-state index contributed by atoms with van der Waals surface area (Å²) in [4.78, 5) is 18.7. The summed E-state index contributed by atoms with van der Waals surface area (Å²) in [6, 6.07) is 9.91. The maximum absolute atomic E-state index is 12.0. The first-order chi connectivity index (χ1) is 13.5. The first-order valence-electron chi connectivity index (χ1n) is 10.0. The zero-order chi connectivity index (χ0) is 19.9. The highest BCUT2D eigenvalue weighted by Crippen LogP contribution is 2.28. The molecular weight excluding hydrogens is 352 g/mol. The molecule has 1 aliphatic rings. The van der Waals surface area contributed by atoms with E-state index in [1.54, 1.807) is 7.11 Å². The van der Waals surface area contributed by atoms with E-state index in [-0.39, 0.29) is 17.8 Å². The van der Waals surface area contributed by atoms with Crippen LogP contribution in [-0.2, 0) is 17.8 Å². The van der Waals surface area contributed by atoms with E-state index in [9.17, 15) is 4.79 Å². The van der Waals surface area contributed by atoms with Crippen LogP contribution in [0, 0.1) is 5.92 Å². The Kier molecular flexibility index (Phi) is 7.04. The second-order valence-electron chi connectivity index (χ2n) is 7.73. The first kappa shape index (κ1) is 20.3. The van der Waals surface area contributed by atoms with Crippen LogP contribution in [0.15, 0.2) is 42.7 Å². The van der Waals surface area contributed by atoms with Crippen LogP contribution in [0.4, 0.5) is 0 Å². The van der Waals surface area contributed by atoms with Crippen molar-refractivity contribution in [2.24, 2.45) is 5.92 Å². The van der Waals surface area contributed by atoms with Crippen molar-refractivity contribution in [3.8, 4) is 11.5 Å². The molecule has 0 N–H and O–H groups in total. The third-order valence-corrected chi connectivity index (χ3v) is 5.23. The summed E-state index contributed by atoms with van der Waals surface area (Å²) >= 11 is 0. The van der Waals surface area contributed by atoms with Crippen LogP contribution in [-0.4, -0.2) is 42.0 Å². The normalized spacial score (nSPS) is 15.6.